The lowest BCUT2D eigenvalue weighted by molar-refractivity contribution is 0.143. The molecule has 2 aliphatic heterocycles. The molecule has 0 spiro atoms. The fourth-order valence-corrected chi connectivity index (χ4v) is 7.37. The molecule has 0 saturated carbocycles. The molecule has 33 heavy (non-hydrogen) atoms. The van der Waals surface area contributed by atoms with Crippen LogP contribution >= 0.6 is 11.8 Å². The van der Waals surface area contributed by atoms with Gasteiger partial charge in [-0.15, -0.1) is 0 Å². The molecule has 180 valence electrons. The summed E-state index contributed by atoms with van der Waals surface area (Å²) in [5.74, 6) is 0.807. The van der Waals surface area contributed by atoms with Crippen LogP contribution in [0.2, 0.25) is 0 Å². The van der Waals surface area contributed by atoms with Crippen molar-refractivity contribution >= 4 is 33.2 Å². The molecular formula is C25H35N3O3S2. The van der Waals surface area contributed by atoms with Crippen LogP contribution in [-0.4, -0.2) is 64.5 Å². The van der Waals surface area contributed by atoms with E-state index in [0.717, 1.165) is 46.4 Å². The first-order chi connectivity index (χ1) is 15.9. The van der Waals surface area contributed by atoms with Gasteiger partial charge in [0.2, 0.25) is 10.0 Å². The largest absolute Gasteiger partial charge is 0.497 e. The van der Waals surface area contributed by atoms with Crippen LogP contribution in [0.15, 0.2) is 51.1 Å². The summed E-state index contributed by atoms with van der Waals surface area (Å²) in [6.45, 7) is 5.36. The van der Waals surface area contributed by atoms with E-state index in [1.54, 1.807) is 27.3 Å². The highest BCUT2D eigenvalue weighted by Crippen LogP contribution is 2.51. The van der Waals surface area contributed by atoms with E-state index in [9.17, 15) is 8.42 Å². The Kier molecular flexibility index (Phi) is 7.58. The zero-order chi connectivity index (χ0) is 23.6. The summed E-state index contributed by atoms with van der Waals surface area (Å²) in [4.78, 5) is 7.14. The predicted octanol–water partition coefficient (Wildman–Crippen LogP) is 5.20. The maximum absolute atomic E-state index is 13.1. The van der Waals surface area contributed by atoms with Gasteiger partial charge < -0.3 is 14.5 Å². The van der Waals surface area contributed by atoms with E-state index < -0.39 is 10.0 Å². The van der Waals surface area contributed by atoms with Crippen LogP contribution < -0.4 is 9.64 Å². The third kappa shape index (κ3) is 4.90. The second kappa shape index (κ2) is 10.3. The van der Waals surface area contributed by atoms with Gasteiger partial charge in [-0.05, 0) is 56.5 Å². The topological polar surface area (TPSA) is 53.1 Å². The number of anilines is 2. The van der Waals surface area contributed by atoms with Crippen LogP contribution in [0.5, 0.6) is 5.75 Å². The van der Waals surface area contributed by atoms with Crippen molar-refractivity contribution in [1.82, 2.24) is 9.21 Å². The highest BCUT2D eigenvalue weighted by atomic mass is 32.2. The fraction of sp³-hybridized carbons (Fsp3) is 0.520. The van der Waals surface area contributed by atoms with Crippen molar-refractivity contribution in [3.05, 3.63) is 36.4 Å². The van der Waals surface area contributed by atoms with Gasteiger partial charge in [-0.2, -0.15) is 0 Å². The first-order valence-electron chi connectivity index (χ1n) is 11.8. The molecule has 0 radical (unpaired) electrons. The quantitative estimate of drug-likeness (QED) is 0.508. The zero-order valence-corrected chi connectivity index (χ0v) is 21.7. The molecule has 1 atom stereocenters. The molecule has 2 aromatic rings. The normalized spacial score (nSPS) is 18.8. The van der Waals surface area contributed by atoms with Gasteiger partial charge in [0.1, 0.15) is 5.75 Å². The molecule has 0 N–H and O–H groups in total. The molecule has 4 rings (SSSR count). The van der Waals surface area contributed by atoms with Gasteiger partial charge in [-0.25, -0.2) is 12.7 Å². The second-order valence-electron chi connectivity index (χ2n) is 8.93. The fourth-order valence-electron chi connectivity index (χ4n) is 4.87. The molecule has 1 unspecified atom stereocenters. The molecule has 1 fully saturated rings. The molecule has 2 aliphatic rings. The average molecular weight is 490 g/mol. The third-order valence-electron chi connectivity index (χ3n) is 6.72. The van der Waals surface area contributed by atoms with Gasteiger partial charge in [0, 0.05) is 44.2 Å². The smallest absolute Gasteiger partial charge is 0.243 e. The van der Waals surface area contributed by atoms with Crippen molar-refractivity contribution in [3.63, 3.8) is 0 Å². The van der Waals surface area contributed by atoms with Crippen molar-refractivity contribution in [3.8, 4) is 5.75 Å². The number of hydrogen-bond donors (Lipinski definition) is 0. The molecule has 6 nitrogen and oxygen atoms in total. The van der Waals surface area contributed by atoms with E-state index in [1.807, 2.05) is 24.3 Å². The summed E-state index contributed by atoms with van der Waals surface area (Å²) in [5, 5.41) is 0. The first kappa shape index (κ1) is 24.4. The Morgan fingerprint density at radius 2 is 1.94 bits per heavy atom. The highest BCUT2D eigenvalue weighted by molar-refractivity contribution is 8.00. The predicted molar refractivity (Wildman–Crippen MR) is 136 cm³/mol. The summed E-state index contributed by atoms with van der Waals surface area (Å²) >= 11 is 1.53. The van der Waals surface area contributed by atoms with Crippen LogP contribution in [0, 0.1) is 0 Å². The molecule has 0 aromatic heterocycles. The Labute approximate surface area is 202 Å². The number of rotatable bonds is 8. The van der Waals surface area contributed by atoms with Crippen molar-refractivity contribution in [2.45, 2.75) is 59.8 Å². The number of nitrogens with zero attached hydrogens (tertiary/aromatic N) is 3. The summed E-state index contributed by atoms with van der Waals surface area (Å²) in [7, 11) is 1.30. The summed E-state index contributed by atoms with van der Waals surface area (Å²) < 4.78 is 33.0. The molecule has 8 heteroatoms. The van der Waals surface area contributed by atoms with E-state index in [2.05, 4.69) is 22.8 Å². The number of sulfonamides is 1. The van der Waals surface area contributed by atoms with E-state index in [1.165, 1.54) is 48.3 Å². The summed E-state index contributed by atoms with van der Waals surface area (Å²) in [6.07, 6.45) is 6.13. The standard InChI is InChI=1S/C25H35N3O3S2/c1-5-19-10-6-7-15-27(19)16-9-17-28-21-11-8-12-24(33(29,30)26(2)3)25(21)32-23-14-13-20(31-4)18-22(23)28/h8,11-14,18-19H,5-7,9-10,15-17H2,1-4H3. The van der Waals surface area contributed by atoms with Gasteiger partial charge in [-0.1, -0.05) is 31.2 Å². The Morgan fingerprint density at radius 1 is 1.12 bits per heavy atom. The molecule has 1 saturated heterocycles. The number of ether oxygens (including phenoxy) is 1. The monoisotopic (exact) mass is 489 g/mol. The van der Waals surface area contributed by atoms with Crippen LogP contribution in [0.1, 0.15) is 39.0 Å². The Hall–Kier alpha value is -1.74. The second-order valence-corrected chi connectivity index (χ2v) is 12.1. The van der Waals surface area contributed by atoms with E-state index in [-0.39, 0.29) is 0 Å². The number of fused-ring (bicyclic) bond motifs is 2. The summed E-state index contributed by atoms with van der Waals surface area (Å²) in [5.41, 5.74) is 2.03. The van der Waals surface area contributed by atoms with E-state index >= 15 is 0 Å². The van der Waals surface area contributed by atoms with Gasteiger partial charge in [-0.3, -0.25) is 0 Å². The van der Waals surface area contributed by atoms with E-state index in [4.69, 9.17) is 4.74 Å². The summed E-state index contributed by atoms with van der Waals surface area (Å²) in [6, 6.07) is 12.3. The van der Waals surface area contributed by atoms with Gasteiger partial charge in [0.25, 0.3) is 0 Å². The third-order valence-corrected chi connectivity index (χ3v) is 9.91. The van der Waals surface area contributed by atoms with Crippen molar-refractivity contribution in [1.29, 1.82) is 0 Å². The van der Waals surface area contributed by atoms with Crippen molar-refractivity contribution < 1.29 is 13.2 Å². The Bertz CT molecular complexity index is 1090. The minimum absolute atomic E-state index is 0.364. The lowest BCUT2D eigenvalue weighted by atomic mass is 10.00. The van der Waals surface area contributed by atoms with Crippen molar-refractivity contribution in [2.24, 2.45) is 0 Å². The number of benzene rings is 2. The lowest BCUT2D eigenvalue weighted by Gasteiger charge is -2.37. The number of hydrogen-bond acceptors (Lipinski definition) is 6. The van der Waals surface area contributed by atoms with Crippen molar-refractivity contribution in [2.75, 3.05) is 45.7 Å². The maximum Gasteiger partial charge on any atom is 0.243 e. The molecule has 0 bridgehead atoms. The van der Waals surface area contributed by atoms with Gasteiger partial charge >= 0.3 is 0 Å². The Morgan fingerprint density at radius 3 is 2.67 bits per heavy atom. The molecular weight excluding hydrogens is 454 g/mol. The van der Waals surface area contributed by atoms with Crippen LogP contribution in [-0.2, 0) is 10.0 Å². The molecule has 0 aliphatic carbocycles. The lowest BCUT2D eigenvalue weighted by Crippen LogP contribution is -2.40. The SMILES string of the molecule is CCC1CCCCN1CCCN1c2cc(OC)ccc2Sc2c1cccc2S(=O)(=O)N(C)C. The van der Waals surface area contributed by atoms with Crippen LogP contribution in [0.25, 0.3) is 0 Å². The van der Waals surface area contributed by atoms with Crippen LogP contribution in [0.4, 0.5) is 11.4 Å². The average Bonchev–Trinajstić information content (AvgIpc) is 2.83. The van der Waals surface area contributed by atoms with Crippen LogP contribution in [0.3, 0.4) is 0 Å². The van der Waals surface area contributed by atoms with Gasteiger partial charge in [0.15, 0.2) is 0 Å². The number of likely N-dealkylation sites (tertiary alicyclic amines) is 1. The molecule has 2 aromatic carbocycles. The first-order valence-corrected chi connectivity index (χ1v) is 14.1. The van der Waals surface area contributed by atoms with E-state index in [0.29, 0.717) is 10.9 Å². The number of piperidine rings is 1. The van der Waals surface area contributed by atoms with Gasteiger partial charge in [0.05, 0.1) is 28.3 Å². The maximum atomic E-state index is 13.1. The Balaban J connectivity index is 1.67. The molecule has 0 amide bonds. The minimum Gasteiger partial charge on any atom is -0.497 e. The molecule has 2 heterocycles. The zero-order valence-electron chi connectivity index (χ0n) is 20.1. The minimum atomic E-state index is -3.55. The highest BCUT2D eigenvalue weighted by Gasteiger charge is 2.31. The number of methoxy groups -OCH3 is 1.